The second-order valence-electron chi connectivity index (χ2n) is 12.5. The van der Waals surface area contributed by atoms with E-state index in [1.54, 1.807) is 0 Å². The van der Waals surface area contributed by atoms with E-state index in [9.17, 15) is 19.2 Å². The number of aryl methyl sites for hydroxylation is 2. The van der Waals surface area contributed by atoms with Crippen LogP contribution in [-0.2, 0) is 32.1 Å². The van der Waals surface area contributed by atoms with Crippen LogP contribution in [0.4, 0.5) is 5.82 Å². The maximum atomic E-state index is 12.7. The van der Waals surface area contributed by atoms with E-state index in [1.807, 2.05) is 18.2 Å². The number of amides is 2. The predicted molar refractivity (Wildman–Crippen MR) is 176 cm³/mol. The number of benzene rings is 1. The maximum absolute atomic E-state index is 12.7. The van der Waals surface area contributed by atoms with Crippen molar-refractivity contribution in [1.82, 2.24) is 24.8 Å². The number of hydrogen-bond donors (Lipinski definition) is 3. The number of rotatable bonds is 16. The van der Waals surface area contributed by atoms with Crippen molar-refractivity contribution in [3.8, 4) is 0 Å². The van der Waals surface area contributed by atoms with Gasteiger partial charge in [0.05, 0.1) is 22.0 Å². The molecular formula is C33H44N6O5S. The van der Waals surface area contributed by atoms with Gasteiger partial charge in [-0.2, -0.15) is 0 Å². The third-order valence-corrected chi connectivity index (χ3v) is 10.5. The molecule has 0 spiro atoms. The molecule has 242 valence electrons. The van der Waals surface area contributed by atoms with Gasteiger partial charge in [0.15, 0.2) is 5.82 Å². The molecule has 2 aliphatic rings. The first-order valence-electron chi connectivity index (χ1n) is 16.1. The van der Waals surface area contributed by atoms with Crippen LogP contribution in [0.3, 0.4) is 0 Å². The molecule has 1 unspecified atom stereocenters. The fraction of sp³-hybridized carbons (Fsp3) is 0.576. The Morgan fingerprint density at radius 3 is 2.69 bits per heavy atom. The quantitative estimate of drug-likeness (QED) is 0.118. The zero-order valence-corrected chi connectivity index (χ0v) is 26.8. The first-order chi connectivity index (χ1) is 21.7. The van der Waals surface area contributed by atoms with Gasteiger partial charge < -0.3 is 25.5 Å². The molecule has 5 rings (SSSR count). The van der Waals surface area contributed by atoms with Crippen molar-refractivity contribution in [2.24, 2.45) is 11.3 Å². The number of carboxylic acid groups (broad SMARTS) is 1. The highest BCUT2D eigenvalue weighted by Gasteiger charge is 2.42. The van der Waals surface area contributed by atoms with Gasteiger partial charge in [0, 0.05) is 43.3 Å². The Kier molecular flexibility index (Phi) is 10.8. The van der Waals surface area contributed by atoms with Crippen LogP contribution < -0.4 is 11.1 Å². The first kappa shape index (κ1) is 32.9. The molecule has 11 nitrogen and oxygen atoms in total. The molecule has 12 heteroatoms. The Morgan fingerprint density at radius 2 is 1.96 bits per heavy atom. The molecular weight excluding hydrogens is 592 g/mol. The molecule has 45 heavy (non-hydrogen) atoms. The van der Waals surface area contributed by atoms with E-state index >= 15 is 0 Å². The standard InChI is InChI=1S/C33H44N6O5S/c1-2-3-10-26-37-29-30(23-8-4-5-9-24(23)36-31(29)34)38(26)16-7-6-15-35-20-33(21-40)13-11-22(12-14-33)18-39-27(41)17-25(32(39)44)45-19-28(42)43/h4-5,8-9,21-22,25,35H,2-3,6-7,10-20H2,1H3,(H2,34,36)(H,42,43). The average molecular weight is 637 g/mol. The van der Waals surface area contributed by atoms with Crippen molar-refractivity contribution in [1.29, 1.82) is 0 Å². The number of pyridine rings is 1. The van der Waals surface area contributed by atoms with E-state index < -0.39 is 16.6 Å². The van der Waals surface area contributed by atoms with E-state index in [0.717, 1.165) is 104 Å². The maximum Gasteiger partial charge on any atom is 0.313 e. The van der Waals surface area contributed by atoms with Crippen LogP contribution in [0.2, 0.25) is 0 Å². The van der Waals surface area contributed by atoms with Gasteiger partial charge in [-0.3, -0.25) is 19.3 Å². The van der Waals surface area contributed by atoms with Gasteiger partial charge in [0.25, 0.3) is 0 Å². The van der Waals surface area contributed by atoms with Gasteiger partial charge >= 0.3 is 5.97 Å². The number of nitrogens with zero attached hydrogens (tertiary/aromatic N) is 4. The fourth-order valence-electron chi connectivity index (χ4n) is 6.71. The fourth-order valence-corrected chi connectivity index (χ4v) is 7.58. The summed E-state index contributed by atoms with van der Waals surface area (Å²) in [4.78, 5) is 59.1. The van der Waals surface area contributed by atoms with Gasteiger partial charge in [-0.05, 0) is 63.5 Å². The third kappa shape index (κ3) is 7.49. The molecule has 1 aliphatic heterocycles. The number of para-hydroxylation sites is 1. The van der Waals surface area contributed by atoms with Crippen LogP contribution >= 0.6 is 11.8 Å². The number of aliphatic carboxylic acids is 1. The lowest BCUT2D eigenvalue weighted by molar-refractivity contribution is -0.139. The van der Waals surface area contributed by atoms with E-state index in [-0.39, 0.29) is 29.9 Å². The Hall–Kier alpha value is -3.51. The highest BCUT2D eigenvalue weighted by Crippen LogP contribution is 2.38. The van der Waals surface area contributed by atoms with Gasteiger partial charge in [-0.25, -0.2) is 9.97 Å². The summed E-state index contributed by atoms with van der Waals surface area (Å²) in [6, 6.07) is 8.06. The molecule has 1 aliphatic carbocycles. The predicted octanol–water partition coefficient (Wildman–Crippen LogP) is 4.20. The second kappa shape index (κ2) is 14.7. The number of imide groups is 1. The number of anilines is 1. The number of likely N-dealkylation sites (tertiary alicyclic amines) is 1. The molecule has 2 aromatic heterocycles. The van der Waals surface area contributed by atoms with Crippen LogP contribution in [-0.4, -0.2) is 79.2 Å². The minimum atomic E-state index is -0.995. The van der Waals surface area contributed by atoms with Crippen LogP contribution in [0.1, 0.15) is 70.5 Å². The number of thioether (sulfide) groups is 1. The molecule has 2 amide bonds. The summed E-state index contributed by atoms with van der Waals surface area (Å²) < 4.78 is 2.32. The number of nitrogens with one attached hydrogen (secondary N) is 1. The largest absolute Gasteiger partial charge is 0.481 e. The molecule has 0 bridgehead atoms. The molecule has 4 N–H and O–H groups in total. The minimum Gasteiger partial charge on any atom is -0.481 e. The Morgan fingerprint density at radius 1 is 1.18 bits per heavy atom. The zero-order chi connectivity index (χ0) is 32.0. The summed E-state index contributed by atoms with van der Waals surface area (Å²) in [5.74, 6) is -0.0329. The number of hydrogen-bond acceptors (Lipinski definition) is 9. The van der Waals surface area contributed by atoms with Gasteiger partial charge in [-0.1, -0.05) is 31.5 Å². The van der Waals surface area contributed by atoms with E-state index in [2.05, 4.69) is 27.9 Å². The van der Waals surface area contributed by atoms with Crippen molar-refractivity contribution >= 4 is 63.6 Å². The van der Waals surface area contributed by atoms with Crippen LogP contribution in [0.25, 0.3) is 21.9 Å². The lowest BCUT2D eigenvalue weighted by Gasteiger charge is -2.37. The molecule has 3 aromatic rings. The topological polar surface area (TPSA) is 161 Å². The number of nitrogen functional groups attached to an aromatic ring is 1. The van der Waals surface area contributed by atoms with Gasteiger partial charge in [0.1, 0.15) is 17.6 Å². The molecule has 3 heterocycles. The zero-order valence-electron chi connectivity index (χ0n) is 26.0. The lowest BCUT2D eigenvalue weighted by Crippen LogP contribution is -2.42. The Labute approximate surface area is 267 Å². The molecule has 1 saturated heterocycles. The van der Waals surface area contributed by atoms with Gasteiger partial charge in [-0.15, -0.1) is 11.8 Å². The van der Waals surface area contributed by atoms with Crippen LogP contribution in [0.5, 0.6) is 0 Å². The summed E-state index contributed by atoms with van der Waals surface area (Å²) in [6.45, 7) is 4.77. The monoisotopic (exact) mass is 636 g/mol. The SMILES string of the molecule is CCCCc1nc2c(N)nc3ccccc3c2n1CCCCNCC1(C=O)CCC(CN2C(=O)CC(SCC(=O)O)C2=O)CC1. The normalized spacial score (nSPS) is 22.1. The van der Waals surface area contributed by atoms with E-state index in [4.69, 9.17) is 15.8 Å². The average Bonchev–Trinajstić information content (AvgIpc) is 3.54. The smallest absolute Gasteiger partial charge is 0.313 e. The van der Waals surface area contributed by atoms with E-state index in [0.29, 0.717) is 31.7 Å². The number of unbranched alkanes of at least 4 members (excludes halogenated alkanes) is 2. The number of imidazole rings is 1. The number of aldehydes is 1. The molecule has 1 atom stereocenters. The summed E-state index contributed by atoms with van der Waals surface area (Å²) in [5.41, 5.74) is 8.60. The summed E-state index contributed by atoms with van der Waals surface area (Å²) >= 11 is 1.01. The summed E-state index contributed by atoms with van der Waals surface area (Å²) in [7, 11) is 0. The Balaban J connectivity index is 1.11. The van der Waals surface area contributed by atoms with Crippen molar-refractivity contribution < 1.29 is 24.3 Å². The number of nitrogens with two attached hydrogens (primary N) is 1. The number of carboxylic acids is 1. The van der Waals surface area contributed by atoms with Crippen molar-refractivity contribution in [2.75, 3.05) is 31.1 Å². The second-order valence-corrected chi connectivity index (χ2v) is 13.7. The third-order valence-electron chi connectivity index (χ3n) is 9.31. The first-order valence-corrected chi connectivity index (χ1v) is 17.2. The van der Waals surface area contributed by atoms with E-state index in [1.165, 1.54) is 4.90 Å². The number of aromatic nitrogens is 3. The molecule has 0 radical (unpaired) electrons. The van der Waals surface area contributed by atoms with Crippen molar-refractivity contribution in [3.63, 3.8) is 0 Å². The molecule has 1 saturated carbocycles. The summed E-state index contributed by atoms with van der Waals surface area (Å²) in [6.07, 6.45) is 9.05. The van der Waals surface area contributed by atoms with Gasteiger partial charge in [0.2, 0.25) is 11.8 Å². The van der Waals surface area contributed by atoms with Crippen LogP contribution in [0.15, 0.2) is 24.3 Å². The van der Waals surface area contributed by atoms with Crippen molar-refractivity contribution in [2.45, 2.75) is 82.9 Å². The number of carbonyl (C=O) groups excluding carboxylic acids is 3. The molecule has 2 fully saturated rings. The van der Waals surface area contributed by atoms with Crippen LogP contribution in [0, 0.1) is 11.3 Å². The number of fused-ring (bicyclic) bond motifs is 3. The Bertz CT molecular complexity index is 1550. The highest BCUT2D eigenvalue weighted by molar-refractivity contribution is 8.01. The minimum absolute atomic E-state index is 0.0602. The lowest BCUT2D eigenvalue weighted by atomic mass is 9.71. The molecule has 1 aromatic carbocycles. The highest BCUT2D eigenvalue weighted by atomic mass is 32.2. The van der Waals surface area contributed by atoms with Crippen molar-refractivity contribution in [3.05, 3.63) is 30.1 Å². The summed E-state index contributed by atoms with van der Waals surface area (Å²) in [5, 5.41) is 12.9. The number of carbonyl (C=O) groups is 4.